The minimum absolute atomic E-state index is 0.167. The number of anilines is 1. The molecule has 0 saturated carbocycles. The highest BCUT2D eigenvalue weighted by Crippen LogP contribution is 2.19. The van der Waals surface area contributed by atoms with Gasteiger partial charge in [0.15, 0.2) is 0 Å². The quantitative estimate of drug-likeness (QED) is 0.795. The first-order valence-electron chi connectivity index (χ1n) is 6.91. The van der Waals surface area contributed by atoms with Gasteiger partial charge in [-0.3, -0.25) is 9.78 Å². The fraction of sp³-hybridized carbons (Fsp3) is 0.400. The Morgan fingerprint density at radius 2 is 2.24 bits per heavy atom. The van der Waals surface area contributed by atoms with Gasteiger partial charge in [-0.25, -0.2) is 4.98 Å². The normalized spacial score (nSPS) is 18.7. The molecule has 1 aromatic heterocycles. The second kappa shape index (κ2) is 6.05. The van der Waals surface area contributed by atoms with E-state index < -0.39 is 0 Å². The third-order valence-corrected chi connectivity index (χ3v) is 3.52. The molecule has 0 radical (unpaired) electrons. The average Bonchev–Trinajstić information content (AvgIpc) is 2.54. The van der Waals surface area contributed by atoms with Gasteiger partial charge < -0.3 is 14.4 Å². The molecule has 1 aromatic carbocycles. The van der Waals surface area contributed by atoms with Crippen molar-refractivity contribution < 1.29 is 14.3 Å². The first-order chi connectivity index (χ1) is 10.3. The lowest BCUT2D eigenvalue weighted by atomic mass is 10.2. The lowest BCUT2D eigenvalue weighted by Crippen LogP contribution is -2.43. The molecule has 2 aromatic rings. The van der Waals surface area contributed by atoms with Crippen LogP contribution in [0.5, 0.6) is 0 Å². The lowest BCUT2D eigenvalue weighted by Gasteiger charge is -2.33. The fourth-order valence-electron chi connectivity index (χ4n) is 2.42. The summed E-state index contributed by atoms with van der Waals surface area (Å²) in [4.78, 5) is 22.5. The van der Waals surface area contributed by atoms with Crippen molar-refractivity contribution in [3.63, 3.8) is 0 Å². The SMILES string of the molecule is COC(=O)CC1CN(c2cnc3ccccc3n2)CCO1. The molecule has 1 aliphatic heterocycles. The molecule has 1 aliphatic rings. The van der Waals surface area contributed by atoms with E-state index >= 15 is 0 Å². The van der Waals surface area contributed by atoms with E-state index in [9.17, 15) is 4.79 Å². The van der Waals surface area contributed by atoms with Crippen LogP contribution in [-0.4, -0.2) is 48.8 Å². The zero-order chi connectivity index (χ0) is 14.7. The number of esters is 1. The molecule has 2 heterocycles. The second-order valence-corrected chi connectivity index (χ2v) is 4.94. The molecular weight excluding hydrogens is 270 g/mol. The first-order valence-corrected chi connectivity index (χ1v) is 6.91. The monoisotopic (exact) mass is 287 g/mol. The van der Waals surface area contributed by atoms with Gasteiger partial charge in [-0.2, -0.15) is 0 Å². The summed E-state index contributed by atoms with van der Waals surface area (Å²) in [5.74, 6) is 0.554. The van der Waals surface area contributed by atoms with Gasteiger partial charge in [-0.15, -0.1) is 0 Å². The summed E-state index contributed by atoms with van der Waals surface area (Å²) in [6.07, 6.45) is 1.86. The van der Waals surface area contributed by atoms with Gasteiger partial charge in [-0.1, -0.05) is 12.1 Å². The van der Waals surface area contributed by atoms with Crippen LogP contribution < -0.4 is 4.90 Å². The van der Waals surface area contributed by atoms with Crippen molar-refractivity contribution in [3.05, 3.63) is 30.5 Å². The van der Waals surface area contributed by atoms with E-state index in [4.69, 9.17) is 4.74 Å². The maximum Gasteiger partial charge on any atom is 0.308 e. The molecule has 0 amide bonds. The highest BCUT2D eigenvalue weighted by atomic mass is 16.5. The largest absolute Gasteiger partial charge is 0.469 e. The number of aromatic nitrogens is 2. The number of hydrogen-bond donors (Lipinski definition) is 0. The van der Waals surface area contributed by atoms with Crippen LogP contribution in [0.2, 0.25) is 0 Å². The molecule has 0 bridgehead atoms. The van der Waals surface area contributed by atoms with Gasteiger partial charge in [-0.05, 0) is 12.1 Å². The van der Waals surface area contributed by atoms with E-state index in [-0.39, 0.29) is 18.5 Å². The number of rotatable bonds is 3. The summed E-state index contributed by atoms with van der Waals surface area (Å²) in [5, 5.41) is 0. The highest BCUT2D eigenvalue weighted by molar-refractivity contribution is 5.75. The van der Waals surface area contributed by atoms with Crippen molar-refractivity contribution in [2.24, 2.45) is 0 Å². The van der Waals surface area contributed by atoms with Crippen molar-refractivity contribution in [1.29, 1.82) is 0 Å². The van der Waals surface area contributed by atoms with E-state index in [1.807, 2.05) is 24.3 Å². The number of carbonyl (C=O) groups excluding carboxylic acids is 1. The number of nitrogens with zero attached hydrogens (tertiary/aromatic N) is 3. The standard InChI is InChI=1S/C15H17N3O3/c1-20-15(19)8-11-10-18(6-7-21-11)14-9-16-12-4-2-3-5-13(12)17-14/h2-5,9,11H,6-8,10H2,1H3. The molecule has 6 heteroatoms. The predicted molar refractivity (Wildman–Crippen MR) is 78.1 cm³/mol. The summed E-state index contributed by atoms with van der Waals surface area (Å²) in [6.45, 7) is 1.92. The van der Waals surface area contributed by atoms with Crippen LogP contribution in [0, 0.1) is 0 Å². The van der Waals surface area contributed by atoms with Crippen LogP contribution >= 0.6 is 0 Å². The molecule has 6 nitrogen and oxygen atoms in total. The maximum absolute atomic E-state index is 11.3. The Labute approximate surface area is 122 Å². The van der Waals surface area contributed by atoms with E-state index in [2.05, 4.69) is 19.6 Å². The number of fused-ring (bicyclic) bond motifs is 1. The molecular formula is C15H17N3O3. The van der Waals surface area contributed by atoms with E-state index in [1.165, 1.54) is 7.11 Å². The fourth-order valence-corrected chi connectivity index (χ4v) is 2.42. The van der Waals surface area contributed by atoms with Crippen molar-refractivity contribution in [2.45, 2.75) is 12.5 Å². The summed E-state index contributed by atoms with van der Waals surface area (Å²) in [6, 6.07) is 7.77. The Balaban J connectivity index is 1.76. The Hall–Kier alpha value is -2.21. The summed E-state index contributed by atoms with van der Waals surface area (Å²) in [7, 11) is 1.39. The molecule has 0 aliphatic carbocycles. The van der Waals surface area contributed by atoms with Gasteiger partial charge in [0.05, 0.1) is 43.5 Å². The number of benzene rings is 1. The van der Waals surface area contributed by atoms with E-state index in [0.717, 1.165) is 23.4 Å². The Bertz CT molecular complexity index is 647. The van der Waals surface area contributed by atoms with Crippen molar-refractivity contribution in [2.75, 3.05) is 31.7 Å². The van der Waals surface area contributed by atoms with Gasteiger partial charge in [0, 0.05) is 13.1 Å². The second-order valence-electron chi connectivity index (χ2n) is 4.94. The number of ether oxygens (including phenoxy) is 2. The molecule has 0 N–H and O–H groups in total. The Kier molecular flexibility index (Phi) is 3.96. The zero-order valence-corrected chi connectivity index (χ0v) is 11.9. The highest BCUT2D eigenvalue weighted by Gasteiger charge is 2.24. The molecule has 110 valence electrons. The molecule has 3 rings (SSSR count). The van der Waals surface area contributed by atoms with Crippen LogP contribution in [0.15, 0.2) is 30.5 Å². The molecule has 0 spiro atoms. The summed E-state index contributed by atoms with van der Waals surface area (Å²) >= 11 is 0. The van der Waals surface area contributed by atoms with E-state index in [1.54, 1.807) is 6.20 Å². The summed E-state index contributed by atoms with van der Waals surface area (Å²) < 4.78 is 10.3. The van der Waals surface area contributed by atoms with Crippen LogP contribution in [0.4, 0.5) is 5.82 Å². The third kappa shape index (κ3) is 3.11. The summed E-state index contributed by atoms with van der Waals surface area (Å²) in [5.41, 5.74) is 1.74. The van der Waals surface area contributed by atoms with Crippen molar-refractivity contribution in [3.8, 4) is 0 Å². The number of hydrogen-bond acceptors (Lipinski definition) is 6. The van der Waals surface area contributed by atoms with Crippen LogP contribution in [-0.2, 0) is 14.3 Å². The van der Waals surface area contributed by atoms with E-state index in [0.29, 0.717) is 13.2 Å². The lowest BCUT2D eigenvalue weighted by molar-refractivity contribution is -0.144. The average molecular weight is 287 g/mol. The minimum Gasteiger partial charge on any atom is -0.469 e. The van der Waals surface area contributed by atoms with Gasteiger partial charge >= 0.3 is 5.97 Å². The number of carbonyl (C=O) groups is 1. The Morgan fingerprint density at radius 3 is 3.05 bits per heavy atom. The predicted octanol–water partition coefficient (Wildman–Crippen LogP) is 1.40. The van der Waals surface area contributed by atoms with Gasteiger partial charge in [0.1, 0.15) is 5.82 Å². The van der Waals surface area contributed by atoms with Gasteiger partial charge in [0.25, 0.3) is 0 Å². The molecule has 1 unspecified atom stereocenters. The van der Waals surface area contributed by atoms with Crippen molar-refractivity contribution in [1.82, 2.24) is 9.97 Å². The third-order valence-electron chi connectivity index (χ3n) is 3.52. The van der Waals surface area contributed by atoms with Crippen LogP contribution in [0.25, 0.3) is 11.0 Å². The van der Waals surface area contributed by atoms with Crippen LogP contribution in [0.1, 0.15) is 6.42 Å². The maximum atomic E-state index is 11.3. The number of methoxy groups -OCH3 is 1. The Morgan fingerprint density at radius 1 is 1.43 bits per heavy atom. The molecule has 1 saturated heterocycles. The van der Waals surface area contributed by atoms with Gasteiger partial charge in [0.2, 0.25) is 0 Å². The number of para-hydroxylation sites is 2. The molecule has 1 fully saturated rings. The topological polar surface area (TPSA) is 64.5 Å². The zero-order valence-electron chi connectivity index (χ0n) is 11.9. The minimum atomic E-state index is -0.258. The van der Waals surface area contributed by atoms with Crippen molar-refractivity contribution >= 4 is 22.8 Å². The first kappa shape index (κ1) is 13.8. The smallest absolute Gasteiger partial charge is 0.308 e. The molecule has 1 atom stereocenters. The number of morpholine rings is 1. The van der Waals surface area contributed by atoms with Crippen LogP contribution in [0.3, 0.4) is 0 Å². The molecule has 21 heavy (non-hydrogen) atoms.